The van der Waals surface area contributed by atoms with E-state index in [2.05, 4.69) is 5.32 Å². The van der Waals surface area contributed by atoms with E-state index in [0.29, 0.717) is 6.54 Å². The van der Waals surface area contributed by atoms with Crippen molar-refractivity contribution in [1.29, 1.82) is 0 Å². The number of carboxylic acids is 1. The van der Waals surface area contributed by atoms with Gasteiger partial charge in [0.1, 0.15) is 0 Å². The standard InChI is InChI=1S/C4H7NO2.C2H4O2/c6-3-1-4(7)5-2-3;1-2(3)4/h3,6H,1-2H2,(H,5,7);1H3,(H,3,4). The Labute approximate surface area is 64.0 Å². The summed E-state index contributed by atoms with van der Waals surface area (Å²) < 4.78 is 0. The lowest BCUT2D eigenvalue weighted by molar-refractivity contribution is -0.134. The fraction of sp³-hybridized carbons (Fsp3) is 0.667. The minimum absolute atomic E-state index is 0.0486. The summed E-state index contributed by atoms with van der Waals surface area (Å²) in [6, 6.07) is 0. The van der Waals surface area contributed by atoms with Gasteiger partial charge >= 0.3 is 0 Å². The number of β-amino-alcohol motifs (C(OH)–C–C–N with tert-alkyl or cyclic N) is 1. The van der Waals surface area contributed by atoms with Gasteiger partial charge in [0.2, 0.25) is 5.91 Å². The van der Waals surface area contributed by atoms with Gasteiger partial charge in [-0.2, -0.15) is 0 Å². The summed E-state index contributed by atoms with van der Waals surface area (Å²) in [6.07, 6.45) is -0.160. The molecule has 0 aromatic rings. The number of aliphatic carboxylic acids is 1. The number of rotatable bonds is 0. The zero-order chi connectivity index (χ0) is 8.85. The van der Waals surface area contributed by atoms with E-state index in [1.165, 1.54) is 0 Å². The largest absolute Gasteiger partial charge is 0.481 e. The molecule has 0 bridgehead atoms. The average molecular weight is 161 g/mol. The molecule has 1 amide bonds. The molecule has 3 N–H and O–H groups in total. The van der Waals surface area contributed by atoms with Crippen LogP contribution in [-0.2, 0) is 9.59 Å². The Hall–Kier alpha value is -1.10. The molecule has 0 aromatic carbocycles. The second kappa shape index (κ2) is 4.68. The van der Waals surface area contributed by atoms with Crippen LogP contribution in [0.1, 0.15) is 13.3 Å². The van der Waals surface area contributed by atoms with Crippen LogP contribution < -0.4 is 5.32 Å². The Morgan fingerprint density at radius 2 is 2.18 bits per heavy atom. The number of carbonyl (C=O) groups excluding carboxylic acids is 1. The molecule has 64 valence electrons. The first-order valence-electron chi connectivity index (χ1n) is 3.16. The second-order valence-electron chi connectivity index (χ2n) is 2.18. The summed E-state index contributed by atoms with van der Waals surface area (Å²) in [5, 5.41) is 18.5. The maximum atomic E-state index is 10.2. The van der Waals surface area contributed by atoms with Gasteiger partial charge in [-0.05, 0) is 0 Å². The Kier molecular flexibility index (Phi) is 4.21. The molecule has 0 aliphatic carbocycles. The predicted octanol–water partition coefficient (Wildman–Crippen LogP) is -1.04. The van der Waals surface area contributed by atoms with Gasteiger partial charge in [0.25, 0.3) is 5.97 Å². The molecule has 1 fully saturated rings. The first-order valence-corrected chi connectivity index (χ1v) is 3.16. The third-order valence-electron chi connectivity index (χ3n) is 0.956. The Balaban J connectivity index is 0.000000218. The minimum Gasteiger partial charge on any atom is -0.481 e. The molecule has 0 aromatic heterocycles. The monoisotopic (exact) mass is 161 g/mol. The highest BCUT2D eigenvalue weighted by molar-refractivity contribution is 5.78. The lowest BCUT2D eigenvalue weighted by Crippen LogP contribution is -2.14. The van der Waals surface area contributed by atoms with Gasteiger partial charge in [-0.1, -0.05) is 0 Å². The number of hydrogen-bond acceptors (Lipinski definition) is 3. The molecular weight excluding hydrogens is 150 g/mol. The van der Waals surface area contributed by atoms with E-state index >= 15 is 0 Å². The zero-order valence-corrected chi connectivity index (χ0v) is 6.20. The number of carbonyl (C=O) groups is 2. The first kappa shape index (κ1) is 9.90. The lowest BCUT2D eigenvalue weighted by Gasteiger charge is -1.89. The van der Waals surface area contributed by atoms with Crippen LogP contribution in [0.15, 0.2) is 0 Å². The van der Waals surface area contributed by atoms with E-state index in [1.807, 2.05) is 0 Å². The van der Waals surface area contributed by atoms with Crippen LogP contribution in [0.25, 0.3) is 0 Å². The molecule has 0 saturated carbocycles. The van der Waals surface area contributed by atoms with Gasteiger partial charge in [0.05, 0.1) is 12.5 Å². The van der Waals surface area contributed by atoms with Crippen LogP contribution in [0.3, 0.4) is 0 Å². The van der Waals surface area contributed by atoms with Crippen molar-refractivity contribution in [2.45, 2.75) is 19.4 Å². The highest BCUT2D eigenvalue weighted by Gasteiger charge is 2.17. The third kappa shape index (κ3) is 6.79. The molecule has 1 heterocycles. The summed E-state index contributed by atoms with van der Waals surface area (Å²) in [5.41, 5.74) is 0. The number of aliphatic hydroxyl groups is 1. The summed E-state index contributed by atoms with van der Waals surface area (Å²) in [4.78, 5) is 19.2. The van der Waals surface area contributed by atoms with Crippen molar-refractivity contribution in [1.82, 2.24) is 5.32 Å². The average Bonchev–Trinajstić information content (AvgIpc) is 2.13. The van der Waals surface area contributed by atoms with E-state index in [-0.39, 0.29) is 12.3 Å². The summed E-state index contributed by atoms with van der Waals surface area (Å²) in [7, 11) is 0. The van der Waals surface area contributed by atoms with Crippen molar-refractivity contribution in [2.75, 3.05) is 6.54 Å². The normalized spacial score (nSPS) is 21.6. The summed E-state index contributed by atoms with van der Waals surface area (Å²) >= 11 is 0. The zero-order valence-electron chi connectivity index (χ0n) is 6.20. The van der Waals surface area contributed by atoms with Gasteiger partial charge in [-0.15, -0.1) is 0 Å². The topological polar surface area (TPSA) is 86.6 Å². The van der Waals surface area contributed by atoms with Crippen molar-refractivity contribution in [3.8, 4) is 0 Å². The van der Waals surface area contributed by atoms with Crippen molar-refractivity contribution >= 4 is 11.9 Å². The maximum Gasteiger partial charge on any atom is 0.300 e. The number of carboxylic acid groups (broad SMARTS) is 1. The van der Waals surface area contributed by atoms with Crippen molar-refractivity contribution in [3.05, 3.63) is 0 Å². The fourth-order valence-electron chi connectivity index (χ4n) is 0.590. The fourth-order valence-corrected chi connectivity index (χ4v) is 0.590. The number of amides is 1. The van der Waals surface area contributed by atoms with Crippen molar-refractivity contribution in [3.63, 3.8) is 0 Å². The van der Waals surface area contributed by atoms with Gasteiger partial charge < -0.3 is 15.5 Å². The van der Waals surface area contributed by atoms with E-state index in [9.17, 15) is 4.79 Å². The molecule has 5 nitrogen and oxygen atoms in total. The summed E-state index contributed by atoms with van der Waals surface area (Å²) in [6.45, 7) is 1.51. The minimum atomic E-state index is -0.833. The molecular formula is C6H11NO4. The van der Waals surface area contributed by atoms with Crippen LogP contribution in [-0.4, -0.2) is 34.7 Å². The SMILES string of the molecule is CC(=O)O.O=C1CC(O)CN1. The van der Waals surface area contributed by atoms with Crippen LogP contribution in [0.2, 0.25) is 0 Å². The van der Waals surface area contributed by atoms with Gasteiger partial charge in [0, 0.05) is 13.5 Å². The molecule has 1 saturated heterocycles. The molecule has 11 heavy (non-hydrogen) atoms. The second-order valence-corrected chi connectivity index (χ2v) is 2.18. The number of hydrogen-bond donors (Lipinski definition) is 3. The van der Waals surface area contributed by atoms with E-state index < -0.39 is 12.1 Å². The molecule has 1 unspecified atom stereocenters. The summed E-state index contributed by atoms with van der Waals surface area (Å²) in [5.74, 6) is -0.882. The highest BCUT2D eigenvalue weighted by atomic mass is 16.4. The number of aliphatic hydroxyl groups excluding tert-OH is 1. The molecule has 1 aliphatic heterocycles. The van der Waals surface area contributed by atoms with E-state index in [1.54, 1.807) is 0 Å². The Morgan fingerprint density at radius 3 is 2.27 bits per heavy atom. The highest BCUT2D eigenvalue weighted by Crippen LogP contribution is 1.95. The predicted molar refractivity (Wildman–Crippen MR) is 36.9 cm³/mol. The van der Waals surface area contributed by atoms with Gasteiger partial charge in [0.15, 0.2) is 0 Å². The van der Waals surface area contributed by atoms with E-state index in [4.69, 9.17) is 15.0 Å². The van der Waals surface area contributed by atoms with Crippen LogP contribution in [0, 0.1) is 0 Å². The van der Waals surface area contributed by atoms with Crippen molar-refractivity contribution < 1.29 is 19.8 Å². The number of nitrogens with one attached hydrogen (secondary N) is 1. The molecule has 5 heteroatoms. The van der Waals surface area contributed by atoms with Gasteiger partial charge in [-0.3, -0.25) is 9.59 Å². The Bertz CT molecular complexity index is 153. The molecule has 1 aliphatic rings. The van der Waals surface area contributed by atoms with Crippen LogP contribution >= 0.6 is 0 Å². The molecule has 1 rings (SSSR count). The molecule has 0 radical (unpaired) electrons. The smallest absolute Gasteiger partial charge is 0.300 e. The quantitative estimate of drug-likeness (QED) is 0.423. The first-order chi connectivity index (χ1) is 5.02. The van der Waals surface area contributed by atoms with Crippen LogP contribution in [0.4, 0.5) is 0 Å². The van der Waals surface area contributed by atoms with E-state index in [0.717, 1.165) is 6.92 Å². The third-order valence-corrected chi connectivity index (χ3v) is 0.956. The maximum absolute atomic E-state index is 10.2. The van der Waals surface area contributed by atoms with Gasteiger partial charge in [-0.25, -0.2) is 0 Å². The Morgan fingerprint density at radius 1 is 1.73 bits per heavy atom. The lowest BCUT2D eigenvalue weighted by atomic mass is 10.3. The molecule has 1 atom stereocenters. The molecule has 0 spiro atoms. The van der Waals surface area contributed by atoms with Crippen LogP contribution in [0.5, 0.6) is 0 Å². The van der Waals surface area contributed by atoms with Crippen molar-refractivity contribution in [2.24, 2.45) is 0 Å².